The number of carbonyl (C=O) groups is 2. The molecule has 0 bridgehead atoms. The third-order valence-corrected chi connectivity index (χ3v) is 4.57. The summed E-state index contributed by atoms with van der Waals surface area (Å²) in [6.07, 6.45) is 3.09. The van der Waals surface area contributed by atoms with Gasteiger partial charge in [0.1, 0.15) is 11.4 Å². The van der Waals surface area contributed by atoms with E-state index in [1.54, 1.807) is 13.2 Å². The Morgan fingerprint density at radius 2 is 2.16 bits per heavy atom. The summed E-state index contributed by atoms with van der Waals surface area (Å²) in [5.74, 6) is 0.164. The molecule has 3 rings (SSSR count). The van der Waals surface area contributed by atoms with Crippen LogP contribution in [0, 0.1) is 0 Å². The number of primary amides is 1. The number of nitrogens with one attached hydrogen (secondary N) is 1. The molecule has 1 atom stereocenters. The quantitative estimate of drug-likeness (QED) is 0.865. The van der Waals surface area contributed by atoms with Crippen molar-refractivity contribution in [3.63, 3.8) is 0 Å². The predicted molar refractivity (Wildman–Crippen MR) is 92.1 cm³/mol. The molecule has 1 aromatic heterocycles. The number of piperidine rings is 1. The maximum Gasteiger partial charge on any atom is 0.269 e. The highest BCUT2D eigenvalue weighted by molar-refractivity contribution is 5.90. The summed E-state index contributed by atoms with van der Waals surface area (Å²) in [5, 5.41) is 6.80. The molecule has 1 aliphatic heterocycles. The van der Waals surface area contributed by atoms with Crippen LogP contribution in [-0.2, 0) is 11.2 Å². The van der Waals surface area contributed by atoms with Gasteiger partial charge in [0.25, 0.3) is 5.91 Å². The van der Waals surface area contributed by atoms with Gasteiger partial charge in [-0.3, -0.25) is 14.7 Å². The molecule has 0 spiro atoms. The minimum absolute atomic E-state index is 0.0319. The van der Waals surface area contributed by atoms with Crippen LogP contribution < -0.4 is 10.5 Å². The van der Waals surface area contributed by atoms with Crippen LogP contribution in [0.1, 0.15) is 47.1 Å². The maximum absolute atomic E-state index is 12.9. The van der Waals surface area contributed by atoms with Gasteiger partial charge in [-0.25, -0.2) is 0 Å². The molecule has 132 valence electrons. The van der Waals surface area contributed by atoms with Gasteiger partial charge in [0.05, 0.1) is 25.3 Å². The molecule has 2 aromatic rings. The van der Waals surface area contributed by atoms with E-state index in [-0.39, 0.29) is 24.1 Å². The van der Waals surface area contributed by atoms with Gasteiger partial charge in [0, 0.05) is 12.1 Å². The average molecular weight is 342 g/mol. The smallest absolute Gasteiger partial charge is 0.269 e. The van der Waals surface area contributed by atoms with Gasteiger partial charge in [0.15, 0.2) is 0 Å². The molecule has 0 saturated carbocycles. The number of ether oxygens (including phenoxy) is 1. The number of H-pyrrole nitrogens is 1. The van der Waals surface area contributed by atoms with Crippen LogP contribution in [-0.4, -0.2) is 40.6 Å². The fourth-order valence-corrected chi connectivity index (χ4v) is 3.30. The van der Waals surface area contributed by atoms with E-state index in [0.717, 1.165) is 30.5 Å². The fraction of sp³-hybridized carbons (Fsp3) is 0.389. The number of benzene rings is 1. The van der Waals surface area contributed by atoms with E-state index >= 15 is 0 Å². The van der Waals surface area contributed by atoms with Crippen LogP contribution in [0.4, 0.5) is 0 Å². The van der Waals surface area contributed by atoms with Crippen LogP contribution in [0.25, 0.3) is 0 Å². The zero-order valence-corrected chi connectivity index (χ0v) is 14.2. The lowest BCUT2D eigenvalue weighted by molar-refractivity contribution is -0.134. The van der Waals surface area contributed by atoms with E-state index in [4.69, 9.17) is 10.5 Å². The number of amides is 2. The van der Waals surface area contributed by atoms with Gasteiger partial charge >= 0.3 is 0 Å². The van der Waals surface area contributed by atoms with Crippen molar-refractivity contribution in [1.82, 2.24) is 15.1 Å². The lowest BCUT2D eigenvalue weighted by Gasteiger charge is -2.35. The Labute approximate surface area is 146 Å². The molecule has 2 heterocycles. The Bertz CT molecular complexity index is 771. The SMILES string of the molecule is COc1ccccc1CC(=O)N1CCCCC1c1cc(C(N)=O)n[nH]1. The average Bonchev–Trinajstić information content (AvgIpc) is 3.12. The van der Waals surface area contributed by atoms with Crippen molar-refractivity contribution in [2.45, 2.75) is 31.7 Å². The fourth-order valence-electron chi connectivity index (χ4n) is 3.30. The highest BCUT2D eigenvalue weighted by atomic mass is 16.5. The summed E-state index contributed by atoms with van der Waals surface area (Å²) in [6.45, 7) is 0.684. The van der Waals surface area contributed by atoms with E-state index in [1.807, 2.05) is 29.2 Å². The number of likely N-dealkylation sites (tertiary alicyclic amines) is 1. The molecule has 7 heteroatoms. The number of rotatable bonds is 5. The number of para-hydroxylation sites is 1. The first kappa shape index (κ1) is 17.0. The molecular formula is C18H22N4O3. The van der Waals surface area contributed by atoms with Crippen molar-refractivity contribution >= 4 is 11.8 Å². The third-order valence-electron chi connectivity index (χ3n) is 4.57. The topological polar surface area (TPSA) is 101 Å². The van der Waals surface area contributed by atoms with Gasteiger partial charge in [-0.05, 0) is 31.4 Å². The molecule has 25 heavy (non-hydrogen) atoms. The van der Waals surface area contributed by atoms with Crippen molar-refractivity contribution in [2.24, 2.45) is 5.73 Å². The Morgan fingerprint density at radius 1 is 1.36 bits per heavy atom. The second-order valence-corrected chi connectivity index (χ2v) is 6.16. The number of hydrogen-bond acceptors (Lipinski definition) is 4. The van der Waals surface area contributed by atoms with Gasteiger partial charge in [-0.2, -0.15) is 5.10 Å². The Kier molecular flexibility index (Phi) is 5.02. The third kappa shape index (κ3) is 3.65. The zero-order chi connectivity index (χ0) is 17.8. The van der Waals surface area contributed by atoms with E-state index in [0.29, 0.717) is 12.3 Å². The minimum Gasteiger partial charge on any atom is -0.496 e. The molecule has 1 saturated heterocycles. The highest BCUT2D eigenvalue weighted by Gasteiger charge is 2.30. The minimum atomic E-state index is -0.579. The molecule has 7 nitrogen and oxygen atoms in total. The van der Waals surface area contributed by atoms with E-state index < -0.39 is 5.91 Å². The van der Waals surface area contributed by atoms with Crippen LogP contribution in [0.5, 0.6) is 5.75 Å². The summed E-state index contributed by atoms with van der Waals surface area (Å²) in [4.78, 5) is 26.0. The summed E-state index contributed by atoms with van der Waals surface area (Å²) in [5.41, 5.74) is 7.08. The summed E-state index contributed by atoms with van der Waals surface area (Å²) < 4.78 is 5.34. The molecule has 0 radical (unpaired) electrons. The van der Waals surface area contributed by atoms with Crippen molar-refractivity contribution in [1.29, 1.82) is 0 Å². The number of aromatic nitrogens is 2. The summed E-state index contributed by atoms with van der Waals surface area (Å²) in [7, 11) is 1.60. The molecule has 2 amide bonds. The monoisotopic (exact) mass is 342 g/mol. The maximum atomic E-state index is 12.9. The number of carbonyl (C=O) groups excluding carboxylic acids is 2. The molecule has 1 aliphatic rings. The first-order valence-electron chi connectivity index (χ1n) is 8.36. The van der Waals surface area contributed by atoms with Gasteiger partial charge in [-0.1, -0.05) is 18.2 Å². The number of nitrogens with zero attached hydrogens (tertiary/aromatic N) is 2. The van der Waals surface area contributed by atoms with E-state index in [9.17, 15) is 9.59 Å². The lowest BCUT2D eigenvalue weighted by Crippen LogP contribution is -2.39. The second-order valence-electron chi connectivity index (χ2n) is 6.16. The predicted octanol–water partition coefficient (Wildman–Crippen LogP) is 1.81. The highest BCUT2D eigenvalue weighted by Crippen LogP contribution is 2.31. The molecule has 1 aromatic carbocycles. The lowest BCUT2D eigenvalue weighted by atomic mass is 9.98. The summed E-state index contributed by atoms with van der Waals surface area (Å²) in [6, 6.07) is 9.05. The summed E-state index contributed by atoms with van der Waals surface area (Å²) >= 11 is 0. The Hall–Kier alpha value is -2.83. The van der Waals surface area contributed by atoms with Crippen molar-refractivity contribution in [3.8, 4) is 5.75 Å². The largest absolute Gasteiger partial charge is 0.496 e. The molecule has 1 unspecified atom stereocenters. The molecule has 1 fully saturated rings. The van der Waals surface area contributed by atoms with Crippen molar-refractivity contribution in [3.05, 3.63) is 47.3 Å². The molecular weight excluding hydrogens is 320 g/mol. The van der Waals surface area contributed by atoms with Crippen LogP contribution in [0.3, 0.4) is 0 Å². The van der Waals surface area contributed by atoms with Gasteiger partial charge in [-0.15, -0.1) is 0 Å². The second kappa shape index (κ2) is 7.38. The van der Waals surface area contributed by atoms with E-state index in [2.05, 4.69) is 10.2 Å². The number of methoxy groups -OCH3 is 1. The Balaban J connectivity index is 1.80. The number of aromatic amines is 1. The number of hydrogen-bond donors (Lipinski definition) is 2. The Morgan fingerprint density at radius 3 is 2.88 bits per heavy atom. The molecule has 3 N–H and O–H groups in total. The van der Waals surface area contributed by atoms with Crippen LogP contribution in [0.2, 0.25) is 0 Å². The van der Waals surface area contributed by atoms with Gasteiger partial charge in [0.2, 0.25) is 5.91 Å². The number of nitrogens with two attached hydrogens (primary N) is 1. The normalized spacial score (nSPS) is 17.3. The standard InChI is InChI=1S/C18H22N4O3/c1-25-16-8-3-2-6-12(16)10-17(23)22-9-5-4-7-15(22)13-11-14(18(19)24)21-20-13/h2-3,6,8,11,15H,4-5,7,9-10H2,1H3,(H2,19,24)(H,20,21). The molecule has 0 aliphatic carbocycles. The van der Waals surface area contributed by atoms with Crippen LogP contribution in [0.15, 0.2) is 30.3 Å². The zero-order valence-electron chi connectivity index (χ0n) is 14.2. The van der Waals surface area contributed by atoms with Crippen molar-refractivity contribution in [2.75, 3.05) is 13.7 Å². The van der Waals surface area contributed by atoms with Crippen molar-refractivity contribution < 1.29 is 14.3 Å². The first-order valence-corrected chi connectivity index (χ1v) is 8.36. The first-order chi connectivity index (χ1) is 12.1. The van der Waals surface area contributed by atoms with E-state index in [1.165, 1.54) is 0 Å². The van der Waals surface area contributed by atoms with Crippen LogP contribution >= 0.6 is 0 Å². The van der Waals surface area contributed by atoms with Gasteiger partial charge < -0.3 is 15.4 Å².